The third-order valence-corrected chi connectivity index (χ3v) is 5.20. The average molecular weight is 363 g/mol. The first-order chi connectivity index (χ1) is 13.2. The number of nitrogens with one attached hydrogen (secondary N) is 1. The lowest BCUT2D eigenvalue weighted by molar-refractivity contribution is -0.385. The molecular formula is C21H21N3O3. The summed E-state index contributed by atoms with van der Waals surface area (Å²) in [6.07, 6.45) is 3.20. The number of hydrogen-bond acceptors (Lipinski definition) is 4. The molecule has 3 aromatic rings. The second-order valence-corrected chi connectivity index (χ2v) is 6.84. The van der Waals surface area contributed by atoms with E-state index in [0.717, 1.165) is 35.9 Å². The number of aromatic nitrogens is 1. The van der Waals surface area contributed by atoms with Crippen molar-refractivity contribution in [3.05, 3.63) is 75.5 Å². The Morgan fingerprint density at radius 3 is 2.70 bits per heavy atom. The Kier molecular flexibility index (Phi) is 4.73. The van der Waals surface area contributed by atoms with E-state index in [4.69, 9.17) is 0 Å². The zero-order chi connectivity index (χ0) is 18.8. The van der Waals surface area contributed by atoms with Crippen molar-refractivity contribution in [1.82, 2.24) is 9.88 Å². The number of nitro benzene ring substituents is 1. The van der Waals surface area contributed by atoms with E-state index in [1.165, 1.54) is 11.6 Å². The van der Waals surface area contributed by atoms with E-state index >= 15 is 0 Å². The predicted octanol–water partition coefficient (Wildman–Crippen LogP) is 3.86. The van der Waals surface area contributed by atoms with E-state index in [1.807, 2.05) is 28.8 Å². The zero-order valence-corrected chi connectivity index (χ0v) is 15.0. The van der Waals surface area contributed by atoms with Crippen LogP contribution in [-0.2, 0) is 19.4 Å². The van der Waals surface area contributed by atoms with Gasteiger partial charge in [0.1, 0.15) is 0 Å². The first-order valence-electron chi connectivity index (χ1n) is 9.24. The Labute approximate surface area is 157 Å². The molecule has 2 aromatic carbocycles. The third kappa shape index (κ3) is 3.24. The molecule has 6 heteroatoms. The van der Waals surface area contributed by atoms with E-state index in [0.29, 0.717) is 25.1 Å². The summed E-state index contributed by atoms with van der Waals surface area (Å²) in [4.78, 5) is 23.2. The van der Waals surface area contributed by atoms with E-state index in [9.17, 15) is 14.9 Å². The van der Waals surface area contributed by atoms with Gasteiger partial charge in [0.15, 0.2) is 0 Å². The third-order valence-electron chi connectivity index (χ3n) is 5.20. The summed E-state index contributed by atoms with van der Waals surface area (Å²) in [6, 6.07) is 14.8. The van der Waals surface area contributed by atoms with E-state index < -0.39 is 0 Å². The highest BCUT2D eigenvalue weighted by Crippen LogP contribution is 2.31. The molecule has 0 atom stereocenters. The summed E-state index contributed by atoms with van der Waals surface area (Å²) >= 11 is 0. The first-order valence-corrected chi connectivity index (χ1v) is 9.24. The topological polar surface area (TPSA) is 77.2 Å². The van der Waals surface area contributed by atoms with Gasteiger partial charge in [0, 0.05) is 35.7 Å². The van der Waals surface area contributed by atoms with E-state index in [2.05, 4.69) is 11.4 Å². The normalized spacial score (nSPS) is 13.7. The van der Waals surface area contributed by atoms with Crippen molar-refractivity contribution in [2.75, 3.05) is 6.54 Å². The van der Waals surface area contributed by atoms with Crippen LogP contribution in [-0.4, -0.2) is 21.9 Å². The molecule has 27 heavy (non-hydrogen) atoms. The SMILES string of the molecule is O=C1CCCc2c(CCNCc3ccccc3[N+](=O)[O-])c3ccccc3n21. The van der Waals surface area contributed by atoms with Crippen molar-refractivity contribution in [2.24, 2.45) is 0 Å². The monoisotopic (exact) mass is 363 g/mol. The fourth-order valence-corrected chi connectivity index (χ4v) is 3.98. The molecule has 0 fully saturated rings. The van der Waals surface area contributed by atoms with Crippen LogP contribution >= 0.6 is 0 Å². The molecule has 6 nitrogen and oxygen atoms in total. The molecule has 2 heterocycles. The van der Waals surface area contributed by atoms with Crippen LogP contribution in [0.25, 0.3) is 10.9 Å². The fraction of sp³-hybridized carbons (Fsp3) is 0.286. The second-order valence-electron chi connectivity index (χ2n) is 6.84. The van der Waals surface area contributed by atoms with Gasteiger partial charge in [-0.2, -0.15) is 0 Å². The lowest BCUT2D eigenvalue weighted by Gasteiger charge is -2.16. The van der Waals surface area contributed by atoms with Gasteiger partial charge >= 0.3 is 0 Å². The highest BCUT2D eigenvalue weighted by molar-refractivity contribution is 5.96. The van der Waals surface area contributed by atoms with Crippen LogP contribution in [0.2, 0.25) is 0 Å². The summed E-state index contributed by atoms with van der Waals surface area (Å²) in [5, 5.41) is 15.6. The largest absolute Gasteiger partial charge is 0.312 e. The summed E-state index contributed by atoms with van der Waals surface area (Å²) in [6.45, 7) is 1.14. The van der Waals surface area contributed by atoms with Gasteiger partial charge in [0.2, 0.25) is 5.91 Å². The van der Waals surface area contributed by atoms with Crippen molar-refractivity contribution in [3.8, 4) is 0 Å². The number of nitrogens with zero attached hydrogens (tertiary/aromatic N) is 2. The Balaban J connectivity index is 1.52. The Morgan fingerprint density at radius 2 is 1.85 bits per heavy atom. The van der Waals surface area contributed by atoms with Crippen LogP contribution in [0.4, 0.5) is 5.69 Å². The van der Waals surface area contributed by atoms with Crippen molar-refractivity contribution < 1.29 is 9.72 Å². The summed E-state index contributed by atoms with van der Waals surface area (Å²) in [5.41, 5.74) is 4.16. The molecular weight excluding hydrogens is 342 g/mol. The highest BCUT2D eigenvalue weighted by atomic mass is 16.6. The van der Waals surface area contributed by atoms with Gasteiger partial charge in [-0.25, -0.2) is 0 Å². The molecule has 1 aliphatic heterocycles. The molecule has 0 bridgehead atoms. The standard InChI is InChI=1S/C21H21N3O3/c25-21-11-5-10-20-17(16-7-2-4-9-19(16)23(20)21)12-13-22-14-15-6-1-3-8-18(15)24(26)27/h1-4,6-9,22H,5,10-14H2. The minimum absolute atomic E-state index is 0.141. The van der Waals surface area contributed by atoms with Crippen LogP contribution < -0.4 is 5.32 Å². The molecule has 1 aliphatic rings. The number of carbonyl (C=O) groups is 1. The molecule has 4 rings (SSSR count). The molecule has 0 spiro atoms. The summed E-state index contributed by atoms with van der Waals surface area (Å²) < 4.78 is 1.89. The maximum absolute atomic E-state index is 12.4. The lowest BCUT2D eigenvalue weighted by atomic mass is 10.0. The van der Waals surface area contributed by atoms with Gasteiger partial charge in [-0.3, -0.25) is 19.5 Å². The smallest absolute Gasteiger partial charge is 0.273 e. The quantitative estimate of drug-likeness (QED) is 0.410. The summed E-state index contributed by atoms with van der Waals surface area (Å²) in [5.74, 6) is 0.173. The minimum Gasteiger partial charge on any atom is -0.312 e. The zero-order valence-electron chi connectivity index (χ0n) is 15.0. The van der Waals surface area contributed by atoms with Gasteiger partial charge in [0.05, 0.1) is 10.4 Å². The van der Waals surface area contributed by atoms with E-state index in [1.54, 1.807) is 12.1 Å². The number of carbonyl (C=O) groups excluding carboxylic acids is 1. The van der Waals surface area contributed by atoms with Crippen LogP contribution in [0.15, 0.2) is 48.5 Å². The molecule has 1 N–H and O–H groups in total. The first kappa shape index (κ1) is 17.4. The summed E-state index contributed by atoms with van der Waals surface area (Å²) in [7, 11) is 0. The number of nitro groups is 1. The molecule has 0 aliphatic carbocycles. The van der Waals surface area contributed by atoms with Gasteiger partial charge in [-0.15, -0.1) is 0 Å². The number of para-hydroxylation sites is 2. The van der Waals surface area contributed by atoms with Crippen molar-refractivity contribution in [1.29, 1.82) is 0 Å². The van der Waals surface area contributed by atoms with Crippen LogP contribution in [0.5, 0.6) is 0 Å². The van der Waals surface area contributed by atoms with Gasteiger partial charge in [-0.1, -0.05) is 36.4 Å². The van der Waals surface area contributed by atoms with Crippen LogP contribution in [0, 0.1) is 10.1 Å². The lowest BCUT2D eigenvalue weighted by Crippen LogP contribution is -2.21. The maximum atomic E-state index is 12.4. The van der Waals surface area contributed by atoms with Gasteiger partial charge in [0.25, 0.3) is 5.69 Å². The molecule has 0 saturated carbocycles. The van der Waals surface area contributed by atoms with Gasteiger partial charge in [-0.05, 0) is 37.4 Å². The Morgan fingerprint density at radius 1 is 1.07 bits per heavy atom. The average Bonchev–Trinajstić information content (AvgIpc) is 3.00. The molecule has 0 unspecified atom stereocenters. The Bertz CT molecular complexity index is 1020. The number of fused-ring (bicyclic) bond motifs is 3. The molecule has 0 saturated heterocycles. The minimum atomic E-state index is -0.347. The van der Waals surface area contributed by atoms with Gasteiger partial charge < -0.3 is 5.32 Å². The molecule has 0 radical (unpaired) electrons. The molecule has 1 aromatic heterocycles. The molecule has 138 valence electrons. The van der Waals surface area contributed by atoms with Crippen molar-refractivity contribution in [3.63, 3.8) is 0 Å². The maximum Gasteiger partial charge on any atom is 0.273 e. The van der Waals surface area contributed by atoms with Crippen LogP contribution in [0.3, 0.4) is 0 Å². The molecule has 0 amide bonds. The van der Waals surface area contributed by atoms with E-state index in [-0.39, 0.29) is 16.5 Å². The number of rotatable bonds is 6. The van der Waals surface area contributed by atoms with Crippen LogP contribution in [0.1, 0.15) is 34.5 Å². The predicted molar refractivity (Wildman–Crippen MR) is 104 cm³/mol. The second kappa shape index (κ2) is 7.32. The van der Waals surface area contributed by atoms with Crippen molar-refractivity contribution in [2.45, 2.75) is 32.2 Å². The fourth-order valence-electron chi connectivity index (χ4n) is 3.98. The number of hydrogen-bond donors (Lipinski definition) is 1. The number of benzene rings is 2. The van der Waals surface area contributed by atoms with Crippen molar-refractivity contribution >= 4 is 22.5 Å². The highest BCUT2D eigenvalue weighted by Gasteiger charge is 2.24. The Hall–Kier alpha value is -2.99.